The topological polar surface area (TPSA) is 91.3 Å². The molecule has 2 amide bonds. The van der Waals surface area contributed by atoms with E-state index in [1.807, 2.05) is 0 Å². The van der Waals surface area contributed by atoms with Crippen LogP contribution in [0.1, 0.15) is 12.5 Å². The number of hydrogen-bond acceptors (Lipinski definition) is 4. The van der Waals surface area contributed by atoms with Crippen molar-refractivity contribution in [2.24, 2.45) is 0 Å². The second-order valence-corrected chi connectivity index (χ2v) is 4.46. The quantitative estimate of drug-likeness (QED) is 0.576. The molecule has 0 radical (unpaired) electrons. The summed E-state index contributed by atoms with van der Waals surface area (Å²) in [5.41, 5.74) is 0.456. The largest absolute Gasteiger partial charge is 0.450 e. The summed E-state index contributed by atoms with van der Waals surface area (Å²) in [5, 5.41) is 12.3. The van der Waals surface area contributed by atoms with Crippen molar-refractivity contribution < 1.29 is 14.3 Å². The zero-order valence-electron chi connectivity index (χ0n) is 11.0. The average molecular weight is 355 g/mol. The zero-order valence-corrected chi connectivity index (χ0v) is 13.4. The van der Waals surface area contributed by atoms with Crippen LogP contribution >= 0.6 is 35.6 Å². The highest BCUT2D eigenvalue weighted by Gasteiger charge is 2.13. The molecule has 0 spiro atoms. The molecule has 1 aromatic rings. The molecule has 0 atom stereocenters. The Morgan fingerprint density at radius 1 is 1.24 bits per heavy atom. The van der Waals surface area contributed by atoms with Gasteiger partial charge >= 0.3 is 6.09 Å². The third-order valence-corrected chi connectivity index (χ3v) is 2.87. The molecule has 1 rings (SSSR count). The number of benzene rings is 1. The number of nitrogens with one attached hydrogen (secondary N) is 3. The fraction of sp³-hybridized carbons (Fsp3) is 0.250. The fourth-order valence-corrected chi connectivity index (χ4v) is 1.88. The van der Waals surface area contributed by atoms with E-state index in [0.29, 0.717) is 15.6 Å². The number of guanidine groups is 1. The number of halogens is 3. The number of alkyl carbamates (subject to hydrolysis) is 1. The minimum Gasteiger partial charge on any atom is -0.450 e. The van der Waals surface area contributed by atoms with E-state index in [2.05, 4.69) is 15.4 Å². The highest BCUT2D eigenvalue weighted by atomic mass is 35.5. The van der Waals surface area contributed by atoms with Crippen molar-refractivity contribution in [2.45, 2.75) is 13.3 Å². The summed E-state index contributed by atoms with van der Waals surface area (Å²) >= 11 is 11.9. The van der Waals surface area contributed by atoms with Crippen LogP contribution in [0.2, 0.25) is 10.0 Å². The van der Waals surface area contributed by atoms with E-state index in [1.54, 1.807) is 25.1 Å². The number of rotatable bonds is 3. The summed E-state index contributed by atoms with van der Waals surface area (Å²) in [4.78, 5) is 22.7. The van der Waals surface area contributed by atoms with Crippen molar-refractivity contribution >= 4 is 53.6 Å². The van der Waals surface area contributed by atoms with Crippen LogP contribution in [0.5, 0.6) is 0 Å². The summed E-state index contributed by atoms with van der Waals surface area (Å²) in [6.45, 7) is 1.80. The standard InChI is InChI=1S/C12H13Cl2N3O3.ClH/c1-2-20-12(19)17-11(15)16-10(18)6-7-8(13)4-3-5-9(7)14;/h3-5H,2,6H2,1H3,(H3,15,16,17,18,19);1H. The first-order valence-electron chi connectivity index (χ1n) is 5.69. The molecule has 0 aromatic heterocycles. The van der Waals surface area contributed by atoms with E-state index in [4.69, 9.17) is 28.6 Å². The molecular formula is C12H14Cl3N3O3. The Hall–Kier alpha value is -1.50. The number of hydrogen-bond donors (Lipinski definition) is 3. The van der Waals surface area contributed by atoms with Gasteiger partial charge in [-0.15, -0.1) is 12.4 Å². The first kappa shape index (κ1) is 19.5. The Morgan fingerprint density at radius 3 is 2.33 bits per heavy atom. The molecule has 0 saturated carbocycles. The molecule has 0 fully saturated rings. The van der Waals surface area contributed by atoms with Crippen molar-refractivity contribution in [3.8, 4) is 0 Å². The van der Waals surface area contributed by atoms with Crippen LogP contribution in [0, 0.1) is 5.41 Å². The predicted octanol–water partition coefficient (Wildman–Crippen LogP) is 2.75. The SMILES string of the molecule is CCOC(=O)NC(=N)NC(=O)Cc1c(Cl)cccc1Cl.Cl. The Bertz CT molecular complexity index is 517. The van der Waals surface area contributed by atoms with Gasteiger partial charge in [0.15, 0.2) is 0 Å². The molecule has 0 saturated heterocycles. The monoisotopic (exact) mass is 353 g/mol. The van der Waals surface area contributed by atoms with Crippen molar-refractivity contribution in [1.82, 2.24) is 10.6 Å². The minimum absolute atomic E-state index is 0. The third kappa shape index (κ3) is 6.66. The Labute approximate surface area is 138 Å². The van der Waals surface area contributed by atoms with Crippen LogP contribution in [0.15, 0.2) is 18.2 Å². The van der Waals surface area contributed by atoms with Gasteiger partial charge < -0.3 is 4.74 Å². The first-order chi connectivity index (χ1) is 9.43. The van der Waals surface area contributed by atoms with Crippen LogP contribution in [0.4, 0.5) is 4.79 Å². The molecule has 116 valence electrons. The number of carbonyl (C=O) groups is 2. The lowest BCUT2D eigenvalue weighted by Gasteiger charge is -2.09. The predicted molar refractivity (Wildman–Crippen MR) is 83.4 cm³/mol. The average Bonchev–Trinajstić information content (AvgIpc) is 2.34. The van der Waals surface area contributed by atoms with E-state index >= 15 is 0 Å². The molecule has 21 heavy (non-hydrogen) atoms. The minimum atomic E-state index is -0.812. The second-order valence-electron chi connectivity index (χ2n) is 3.65. The molecular weight excluding hydrogens is 341 g/mol. The number of carbonyl (C=O) groups excluding carboxylic acids is 2. The van der Waals surface area contributed by atoms with E-state index in [1.165, 1.54) is 0 Å². The van der Waals surface area contributed by atoms with Crippen LogP contribution in [0.3, 0.4) is 0 Å². The Balaban J connectivity index is 0.00000400. The maximum absolute atomic E-state index is 11.7. The molecule has 3 N–H and O–H groups in total. The van der Waals surface area contributed by atoms with Gasteiger partial charge in [-0.05, 0) is 24.6 Å². The number of amides is 2. The van der Waals surface area contributed by atoms with Gasteiger partial charge in [-0.25, -0.2) is 4.79 Å². The summed E-state index contributed by atoms with van der Waals surface area (Å²) in [6, 6.07) is 4.88. The molecule has 0 aliphatic carbocycles. The molecule has 6 nitrogen and oxygen atoms in total. The molecule has 1 aromatic carbocycles. The number of ether oxygens (including phenoxy) is 1. The van der Waals surface area contributed by atoms with E-state index in [0.717, 1.165) is 0 Å². The van der Waals surface area contributed by atoms with Gasteiger partial charge in [0.2, 0.25) is 11.9 Å². The normalized spacial score (nSPS) is 9.29. The summed E-state index contributed by atoms with van der Waals surface area (Å²) in [5.74, 6) is -1.00. The van der Waals surface area contributed by atoms with Crippen molar-refractivity contribution in [2.75, 3.05) is 6.61 Å². The third-order valence-electron chi connectivity index (χ3n) is 2.17. The smallest absolute Gasteiger partial charge is 0.413 e. The maximum atomic E-state index is 11.7. The van der Waals surface area contributed by atoms with Crippen LogP contribution < -0.4 is 10.6 Å². The van der Waals surface area contributed by atoms with Gasteiger partial charge in [0.05, 0.1) is 13.0 Å². The molecule has 0 heterocycles. The van der Waals surface area contributed by atoms with Gasteiger partial charge in [0.1, 0.15) is 0 Å². The Morgan fingerprint density at radius 2 is 1.81 bits per heavy atom. The van der Waals surface area contributed by atoms with Crippen molar-refractivity contribution in [3.05, 3.63) is 33.8 Å². The van der Waals surface area contributed by atoms with Crippen LogP contribution in [-0.2, 0) is 16.0 Å². The molecule has 0 aliphatic heterocycles. The fourth-order valence-electron chi connectivity index (χ4n) is 1.35. The molecule has 0 bridgehead atoms. The van der Waals surface area contributed by atoms with E-state index in [-0.39, 0.29) is 25.4 Å². The van der Waals surface area contributed by atoms with Gasteiger partial charge in [0, 0.05) is 10.0 Å². The van der Waals surface area contributed by atoms with E-state index in [9.17, 15) is 9.59 Å². The maximum Gasteiger partial charge on any atom is 0.413 e. The highest BCUT2D eigenvalue weighted by Crippen LogP contribution is 2.24. The van der Waals surface area contributed by atoms with Gasteiger partial charge in [-0.2, -0.15) is 0 Å². The molecule has 0 aliphatic rings. The lowest BCUT2D eigenvalue weighted by Crippen LogP contribution is -2.43. The summed E-state index contributed by atoms with van der Waals surface area (Å²) < 4.78 is 4.57. The second kappa shape index (κ2) is 9.44. The molecule has 0 unspecified atom stereocenters. The van der Waals surface area contributed by atoms with Crippen LogP contribution in [0.25, 0.3) is 0 Å². The highest BCUT2D eigenvalue weighted by molar-refractivity contribution is 6.36. The lowest BCUT2D eigenvalue weighted by molar-refractivity contribution is -0.119. The van der Waals surface area contributed by atoms with Gasteiger partial charge in [0.25, 0.3) is 0 Å². The van der Waals surface area contributed by atoms with Crippen molar-refractivity contribution in [3.63, 3.8) is 0 Å². The van der Waals surface area contributed by atoms with Crippen molar-refractivity contribution in [1.29, 1.82) is 5.41 Å². The van der Waals surface area contributed by atoms with Gasteiger partial charge in [-0.3, -0.25) is 20.8 Å². The van der Waals surface area contributed by atoms with Gasteiger partial charge in [-0.1, -0.05) is 29.3 Å². The van der Waals surface area contributed by atoms with E-state index < -0.39 is 18.0 Å². The summed E-state index contributed by atoms with van der Waals surface area (Å²) in [6.07, 6.45) is -0.917. The Kier molecular flexibility index (Phi) is 8.76. The lowest BCUT2D eigenvalue weighted by atomic mass is 10.1. The zero-order chi connectivity index (χ0) is 15.1. The van der Waals surface area contributed by atoms with Crippen LogP contribution in [-0.4, -0.2) is 24.6 Å². The first-order valence-corrected chi connectivity index (χ1v) is 6.44. The molecule has 9 heteroatoms. The summed E-state index contributed by atoms with van der Waals surface area (Å²) in [7, 11) is 0.